The minimum absolute atomic E-state index is 0.218. The standard InChI is InChI=1S/C19H19N3O2/c1-5-7-13(3)17-20-18(14(4)8-6-2)22(21-17)16-11-9-15(10-12-16)19(23)24/h5-12H,1,4H2,2-3H3,(H,23,24)/b8-6-,13-7+. The molecule has 2 aromatic rings. The van der Waals surface area contributed by atoms with Crippen LogP contribution in [0, 0.1) is 0 Å². The third-order valence-electron chi connectivity index (χ3n) is 3.34. The van der Waals surface area contributed by atoms with Gasteiger partial charge in [-0.2, -0.15) is 0 Å². The smallest absolute Gasteiger partial charge is 0.335 e. The largest absolute Gasteiger partial charge is 0.478 e. The average Bonchev–Trinajstić information content (AvgIpc) is 3.01. The monoisotopic (exact) mass is 321 g/mol. The predicted octanol–water partition coefficient (Wildman–Crippen LogP) is 4.14. The van der Waals surface area contributed by atoms with E-state index >= 15 is 0 Å². The van der Waals surface area contributed by atoms with Crippen LogP contribution in [0.2, 0.25) is 0 Å². The van der Waals surface area contributed by atoms with Crippen molar-refractivity contribution in [3.63, 3.8) is 0 Å². The van der Waals surface area contributed by atoms with E-state index in [2.05, 4.69) is 23.2 Å². The Labute approximate surface area is 141 Å². The Balaban J connectivity index is 2.57. The van der Waals surface area contributed by atoms with E-state index in [1.165, 1.54) is 12.1 Å². The number of allylic oxidation sites excluding steroid dienone is 6. The Morgan fingerprint density at radius 3 is 2.50 bits per heavy atom. The van der Waals surface area contributed by atoms with Crippen LogP contribution < -0.4 is 0 Å². The second kappa shape index (κ2) is 7.37. The molecule has 0 aliphatic heterocycles. The maximum Gasteiger partial charge on any atom is 0.335 e. The summed E-state index contributed by atoms with van der Waals surface area (Å²) in [5.74, 6) is 0.199. The van der Waals surface area contributed by atoms with E-state index in [1.807, 2.05) is 32.1 Å². The molecule has 1 N–H and O–H groups in total. The molecule has 122 valence electrons. The summed E-state index contributed by atoms with van der Waals surface area (Å²) in [5.41, 5.74) is 2.52. The SMILES string of the molecule is C=C/C=C(\C)c1nc(C(=C)/C=C\C)n(-c2ccc(C(=O)O)cc2)n1. The summed E-state index contributed by atoms with van der Waals surface area (Å²) in [5, 5.41) is 13.5. The molecule has 0 amide bonds. The highest BCUT2D eigenvalue weighted by atomic mass is 16.4. The van der Waals surface area contributed by atoms with Crippen molar-refractivity contribution < 1.29 is 9.90 Å². The van der Waals surface area contributed by atoms with Crippen LogP contribution in [0.15, 0.2) is 61.7 Å². The van der Waals surface area contributed by atoms with Crippen molar-refractivity contribution in [2.24, 2.45) is 0 Å². The fourth-order valence-electron chi connectivity index (χ4n) is 2.14. The second-order valence-electron chi connectivity index (χ2n) is 5.13. The highest BCUT2D eigenvalue weighted by Crippen LogP contribution is 2.20. The average molecular weight is 321 g/mol. The van der Waals surface area contributed by atoms with Crippen LogP contribution in [0.3, 0.4) is 0 Å². The zero-order valence-corrected chi connectivity index (χ0v) is 13.7. The Morgan fingerprint density at radius 1 is 1.29 bits per heavy atom. The lowest BCUT2D eigenvalue weighted by Crippen LogP contribution is -2.03. The summed E-state index contributed by atoms with van der Waals surface area (Å²) in [6.07, 6.45) is 7.23. The number of carboxylic acids is 1. The number of aromatic carboxylic acids is 1. The number of carboxylic acid groups (broad SMARTS) is 1. The Morgan fingerprint density at radius 2 is 1.96 bits per heavy atom. The number of carbonyl (C=O) groups is 1. The second-order valence-corrected chi connectivity index (χ2v) is 5.13. The summed E-state index contributed by atoms with van der Waals surface area (Å²) < 4.78 is 1.66. The molecular formula is C19H19N3O2. The van der Waals surface area contributed by atoms with E-state index in [0.29, 0.717) is 22.9 Å². The first-order valence-electron chi connectivity index (χ1n) is 7.40. The van der Waals surface area contributed by atoms with Crippen LogP contribution in [-0.4, -0.2) is 25.8 Å². The van der Waals surface area contributed by atoms with Gasteiger partial charge < -0.3 is 5.11 Å². The lowest BCUT2D eigenvalue weighted by molar-refractivity contribution is 0.0697. The molecule has 0 aliphatic rings. The van der Waals surface area contributed by atoms with E-state index in [0.717, 1.165) is 5.57 Å². The molecule has 1 aromatic carbocycles. The molecule has 0 saturated carbocycles. The molecule has 0 saturated heterocycles. The maximum atomic E-state index is 11.0. The van der Waals surface area contributed by atoms with Gasteiger partial charge in [0.05, 0.1) is 11.3 Å². The quantitative estimate of drug-likeness (QED) is 0.812. The van der Waals surface area contributed by atoms with E-state index in [-0.39, 0.29) is 5.56 Å². The first-order valence-corrected chi connectivity index (χ1v) is 7.40. The molecule has 0 unspecified atom stereocenters. The topological polar surface area (TPSA) is 68.0 Å². The van der Waals surface area contributed by atoms with Gasteiger partial charge in [-0.1, -0.05) is 37.5 Å². The normalized spacial score (nSPS) is 11.7. The van der Waals surface area contributed by atoms with Crippen LogP contribution in [0.5, 0.6) is 0 Å². The maximum absolute atomic E-state index is 11.0. The molecular weight excluding hydrogens is 302 g/mol. The number of aromatic nitrogens is 3. The van der Waals surface area contributed by atoms with Gasteiger partial charge in [-0.15, -0.1) is 5.10 Å². The lowest BCUT2D eigenvalue weighted by Gasteiger charge is -2.06. The summed E-state index contributed by atoms with van der Waals surface area (Å²) in [4.78, 5) is 15.5. The van der Waals surface area contributed by atoms with E-state index in [1.54, 1.807) is 22.9 Å². The molecule has 0 aliphatic carbocycles. The van der Waals surface area contributed by atoms with Crippen LogP contribution in [-0.2, 0) is 0 Å². The number of benzene rings is 1. The van der Waals surface area contributed by atoms with Gasteiger partial charge in [-0.25, -0.2) is 14.5 Å². The van der Waals surface area contributed by atoms with Crippen molar-refractivity contribution in [2.75, 3.05) is 0 Å². The Bertz CT molecular complexity index is 840. The predicted molar refractivity (Wildman–Crippen MR) is 96.0 cm³/mol. The minimum atomic E-state index is -0.968. The lowest BCUT2D eigenvalue weighted by atomic mass is 10.2. The van der Waals surface area contributed by atoms with Crippen LogP contribution in [0.4, 0.5) is 0 Å². The van der Waals surface area contributed by atoms with Crippen molar-refractivity contribution >= 4 is 17.1 Å². The molecule has 1 heterocycles. The first-order chi connectivity index (χ1) is 11.5. The van der Waals surface area contributed by atoms with E-state index in [9.17, 15) is 4.79 Å². The summed E-state index contributed by atoms with van der Waals surface area (Å²) >= 11 is 0. The third-order valence-corrected chi connectivity index (χ3v) is 3.34. The Hall–Kier alpha value is -3.21. The van der Waals surface area contributed by atoms with Crippen molar-refractivity contribution in [3.05, 3.63) is 78.9 Å². The number of nitrogens with zero attached hydrogens (tertiary/aromatic N) is 3. The van der Waals surface area contributed by atoms with Gasteiger partial charge in [0.2, 0.25) is 0 Å². The van der Waals surface area contributed by atoms with Crippen LogP contribution in [0.1, 0.15) is 35.9 Å². The van der Waals surface area contributed by atoms with Gasteiger partial charge in [-0.3, -0.25) is 0 Å². The number of hydrogen-bond acceptors (Lipinski definition) is 3. The van der Waals surface area contributed by atoms with Crippen molar-refractivity contribution in [2.45, 2.75) is 13.8 Å². The molecule has 1 aromatic heterocycles. The van der Waals surface area contributed by atoms with Crippen molar-refractivity contribution in [3.8, 4) is 5.69 Å². The summed E-state index contributed by atoms with van der Waals surface area (Å²) in [6.45, 7) is 11.5. The van der Waals surface area contributed by atoms with E-state index < -0.39 is 5.97 Å². The van der Waals surface area contributed by atoms with Crippen molar-refractivity contribution in [1.82, 2.24) is 14.8 Å². The molecule has 0 spiro atoms. The fourth-order valence-corrected chi connectivity index (χ4v) is 2.14. The molecule has 24 heavy (non-hydrogen) atoms. The van der Waals surface area contributed by atoms with Gasteiger partial charge in [0, 0.05) is 5.57 Å². The molecule has 5 nitrogen and oxygen atoms in total. The van der Waals surface area contributed by atoms with Gasteiger partial charge in [0.25, 0.3) is 0 Å². The number of hydrogen-bond donors (Lipinski definition) is 1. The zero-order valence-electron chi connectivity index (χ0n) is 13.7. The molecule has 0 radical (unpaired) electrons. The minimum Gasteiger partial charge on any atom is -0.478 e. The van der Waals surface area contributed by atoms with Crippen LogP contribution in [0.25, 0.3) is 16.8 Å². The van der Waals surface area contributed by atoms with Crippen molar-refractivity contribution in [1.29, 1.82) is 0 Å². The zero-order chi connectivity index (χ0) is 17.7. The summed E-state index contributed by atoms with van der Waals surface area (Å²) in [7, 11) is 0. The highest BCUT2D eigenvalue weighted by molar-refractivity contribution is 5.87. The molecule has 0 atom stereocenters. The van der Waals surface area contributed by atoms with Gasteiger partial charge >= 0.3 is 5.97 Å². The summed E-state index contributed by atoms with van der Waals surface area (Å²) in [6, 6.07) is 6.46. The van der Waals surface area contributed by atoms with Gasteiger partial charge in [-0.05, 0) is 43.7 Å². The van der Waals surface area contributed by atoms with Gasteiger partial charge in [0.1, 0.15) is 0 Å². The first kappa shape index (κ1) is 17.1. The highest BCUT2D eigenvalue weighted by Gasteiger charge is 2.14. The van der Waals surface area contributed by atoms with E-state index in [4.69, 9.17) is 5.11 Å². The molecule has 0 bridgehead atoms. The Kier molecular flexibility index (Phi) is 5.27. The van der Waals surface area contributed by atoms with Crippen LogP contribution >= 0.6 is 0 Å². The fraction of sp³-hybridized carbons (Fsp3) is 0.105. The third kappa shape index (κ3) is 3.57. The molecule has 0 fully saturated rings. The molecule has 2 rings (SSSR count). The number of rotatable bonds is 6. The van der Waals surface area contributed by atoms with Gasteiger partial charge in [0.15, 0.2) is 11.6 Å². The molecule has 5 heteroatoms.